The molecule has 1 aliphatic heterocycles. The summed E-state index contributed by atoms with van der Waals surface area (Å²) in [5.74, 6) is -0.795. The predicted octanol–water partition coefficient (Wildman–Crippen LogP) is 14.4. The molecule has 1 rings (SSSR count). The average molecular weight is 965 g/mol. The van der Waals surface area contributed by atoms with Crippen LogP contribution in [-0.2, 0) is 28.5 Å². The van der Waals surface area contributed by atoms with Crippen LogP contribution in [0, 0.1) is 0 Å². The first-order valence-electron chi connectivity index (χ1n) is 28.9. The monoisotopic (exact) mass is 965 g/mol. The molecule has 0 spiro atoms. The van der Waals surface area contributed by atoms with Gasteiger partial charge in [-0.05, 0) is 44.9 Å². The molecule has 1 aliphatic rings. The van der Waals surface area contributed by atoms with E-state index in [9.17, 15) is 30.0 Å². The van der Waals surface area contributed by atoms with Crippen LogP contribution in [0.4, 0.5) is 0 Å². The van der Waals surface area contributed by atoms with E-state index in [4.69, 9.17) is 18.9 Å². The molecule has 0 aliphatic carbocycles. The molecule has 1 saturated heterocycles. The van der Waals surface area contributed by atoms with E-state index in [2.05, 4.69) is 38.2 Å². The van der Waals surface area contributed by atoms with Crippen LogP contribution in [0.15, 0.2) is 24.3 Å². The average Bonchev–Trinajstić information content (AvgIpc) is 3.34. The fourth-order valence-electron chi connectivity index (χ4n) is 9.05. The minimum Gasteiger partial charge on any atom is -0.462 e. The molecule has 10 heteroatoms. The summed E-state index contributed by atoms with van der Waals surface area (Å²) in [6.45, 7) is 3.45. The molecule has 0 radical (unpaired) electrons. The van der Waals surface area contributed by atoms with Gasteiger partial charge >= 0.3 is 11.9 Å². The van der Waals surface area contributed by atoms with Crippen LogP contribution in [-0.4, -0.2) is 89.0 Å². The number of allylic oxidation sites excluding steroid dienone is 4. The Balaban J connectivity index is 2.18. The second kappa shape index (κ2) is 48.8. The molecule has 10 nitrogen and oxygen atoms in total. The smallest absolute Gasteiger partial charge is 0.306 e. The summed E-state index contributed by atoms with van der Waals surface area (Å²) in [5, 5.41) is 40.3. The highest BCUT2D eigenvalue weighted by atomic mass is 16.7. The molecule has 0 bridgehead atoms. The van der Waals surface area contributed by atoms with E-state index in [-0.39, 0.29) is 32.0 Å². The van der Waals surface area contributed by atoms with Crippen molar-refractivity contribution in [2.75, 3.05) is 19.8 Å². The number of hydrogen-bond acceptors (Lipinski definition) is 10. The normalized spacial score (nSPS) is 19.1. The van der Waals surface area contributed by atoms with Crippen molar-refractivity contribution in [3.63, 3.8) is 0 Å². The first kappa shape index (κ1) is 64.2. The Kier molecular flexibility index (Phi) is 46.1. The van der Waals surface area contributed by atoms with Crippen LogP contribution in [0.5, 0.6) is 0 Å². The van der Waals surface area contributed by atoms with Gasteiger partial charge in [0.1, 0.15) is 31.0 Å². The lowest BCUT2D eigenvalue weighted by Gasteiger charge is -2.39. The lowest BCUT2D eigenvalue weighted by atomic mass is 9.99. The third kappa shape index (κ3) is 38.9. The van der Waals surface area contributed by atoms with Gasteiger partial charge in [0.2, 0.25) is 0 Å². The van der Waals surface area contributed by atoms with Crippen LogP contribution in [0.2, 0.25) is 0 Å². The molecular formula is C58H108O10. The van der Waals surface area contributed by atoms with Gasteiger partial charge in [0.15, 0.2) is 12.4 Å². The fourth-order valence-corrected chi connectivity index (χ4v) is 9.05. The van der Waals surface area contributed by atoms with Gasteiger partial charge in [0.05, 0.1) is 13.2 Å². The van der Waals surface area contributed by atoms with Gasteiger partial charge in [-0.3, -0.25) is 9.59 Å². The lowest BCUT2D eigenvalue weighted by molar-refractivity contribution is -0.305. The van der Waals surface area contributed by atoms with E-state index < -0.39 is 49.4 Å². The van der Waals surface area contributed by atoms with Crippen LogP contribution in [0.25, 0.3) is 0 Å². The summed E-state index contributed by atoms with van der Waals surface area (Å²) in [7, 11) is 0. The van der Waals surface area contributed by atoms with Crippen molar-refractivity contribution in [3.8, 4) is 0 Å². The minimum absolute atomic E-state index is 0.214. The number of carbonyl (C=O) groups is 2. The minimum atomic E-state index is -1.59. The molecule has 0 aromatic heterocycles. The molecule has 1 heterocycles. The molecule has 0 aromatic carbocycles. The zero-order chi connectivity index (χ0) is 49.4. The number of rotatable bonds is 50. The Morgan fingerprint density at radius 1 is 0.456 bits per heavy atom. The number of ether oxygens (including phenoxy) is 4. The molecule has 6 unspecified atom stereocenters. The molecule has 68 heavy (non-hydrogen) atoms. The van der Waals surface area contributed by atoms with E-state index in [1.165, 1.54) is 193 Å². The van der Waals surface area contributed by atoms with Crippen molar-refractivity contribution < 1.29 is 49.0 Å². The zero-order valence-electron chi connectivity index (χ0n) is 44.1. The van der Waals surface area contributed by atoms with E-state index in [1.807, 2.05) is 0 Å². The van der Waals surface area contributed by atoms with Gasteiger partial charge in [-0.2, -0.15) is 0 Å². The number of aliphatic hydroxyl groups excluding tert-OH is 4. The molecule has 0 amide bonds. The SMILES string of the molecule is CCCCC/C=C\C/C=C\CCCCCCCCCCCC(=O)OC(COC(=O)CCCCCCCCCCCCCCCCCCCCCCCCCC)COC1OC(CO)C(O)C(O)C1O. The summed E-state index contributed by atoms with van der Waals surface area (Å²) in [5.41, 5.74) is 0. The van der Waals surface area contributed by atoms with E-state index >= 15 is 0 Å². The Morgan fingerprint density at radius 2 is 0.824 bits per heavy atom. The summed E-state index contributed by atoms with van der Waals surface area (Å²) in [6.07, 6.45) is 50.5. The molecule has 4 N–H and O–H groups in total. The van der Waals surface area contributed by atoms with Crippen molar-refractivity contribution in [2.24, 2.45) is 0 Å². The van der Waals surface area contributed by atoms with Crippen LogP contribution in [0.1, 0.15) is 277 Å². The van der Waals surface area contributed by atoms with Crippen molar-refractivity contribution in [3.05, 3.63) is 24.3 Å². The summed E-state index contributed by atoms with van der Waals surface area (Å²) in [4.78, 5) is 25.5. The van der Waals surface area contributed by atoms with Gasteiger partial charge < -0.3 is 39.4 Å². The number of hydrogen-bond donors (Lipinski definition) is 4. The molecular weight excluding hydrogens is 857 g/mol. The number of carbonyl (C=O) groups excluding carboxylic acids is 2. The Morgan fingerprint density at radius 3 is 1.25 bits per heavy atom. The third-order valence-electron chi connectivity index (χ3n) is 13.6. The maximum atomic E-state index is 12.9. The van der Waals surface area contributed by atoms with Crippen LogP contribution in [0.3, 0.4) is 0 Å². The van der Waals surface area contributed by atoms with E-state index in [0.29, 0.717) is 6.42 Å². The highest BCUT2D eigenvalue weighted by Gasteiger charge is 2.44. The van der Waals surface area contributed by atoms with Crippen molar-refractivity contribution >= 4 is 11.9 Å². The highest BCUT2D eigenvalue weighted by molar-refractivity contribution is 5.70. The number of unbranched alkanes of at least 4 members (excludes halogenated alkanes) is 35. The summed E-state index contributed by atoms with van der Waals surface area (Å²) < 4.78 is 22.3. The Bertz CT molecular complexity index is 1160. The molecule has 0 saturated carbocycles. The maximum Gasteiger partial charge on any atom is 0.306 e. The summed E-state index contributed by atoms with van der Waals surface area (Å²) >= 11 is 0. The fraction of sp³-hybridized carbons (Fsp3) is 0.897. The largest absolute Gasteiger partial charge is 0.462 e. The van der Waals surface area contributed by atoms with Crippen LogP contribution < -0.4 is 0 Å². The molecule has 400 valence electrons. The number of esters is 2. The van der Waals surface area contributed by atoms with Crippen molar-refractivity contribution in [1.29, 1.82) is 0 Å². The first-order valence-corrected chi connectivity index (χ1v) is 28.9. The van der Waals surface area contributed by atoms with Crippen molar-refractivity contribution in [2.45, 2.75) is 314 Å². The van der Waals surface area contributed by atoms with Gasteiger partial charge in [-0.15, -0.1) is 0 Å². The second-order valence-electron chi connectivity index (χ2n) is 20.1. The lowest BCUT2D eigenvalue weighted by Crippen LogP contribution is -2.59. The topological polar surface area (TPSA) is 152 Å². The highest BCUT2D eigenvalue weighted by Crippen LogP contribution is 2.23. The van der Waals surface area contributed by atoms with E-state index in [1.54, 1.807) is 0 Å². The van der Waals surface area contributed by atoms with Crippen molar-refractivity contribution in [1.82, 2.24) is 0 Å². The summed E-state index contributed by atoms with van der Waals surface area (Å²) in [6, 6.07) is 0. The van der Waals surface area contributed by atoms with E-state index in [0.717, 1.165) is 51.4 Å². The van der Waals surface area contributed by atoms with Gasteiger partial charge in [-0.25, -0.2) is 0 Å². The Hall–Kier alpha value is -1.82. The maximum absolute atomic E-state index is 12.9. The zero-order valence-corrected chi connectivity index (χ0v) is 44.1. The number of aliphatic hydroxyl groups is 4. The molecule has 1 fully saturated rings. The quantitative estimate of drug-likeness (QED) is 0.0263. The molecule has 0 aromatic rings. The van der Waals surface area contributed by atoms with Gasteiger partial charge in [0.25, 0.3) is 0 Å². The van der Waals surface area contributed by atoms with Crippen LogP contribution >= 0.6 is 0 Å². The third-order valence-corrected chi connectivity index (χ3v) is 13.6. The first-order chi connectivity index (χ1) is 33.3. The second-order valence-corrected chi connectivity index (χ2v) is 20.1. The van der Waals surface area contributed by atoms with Gasteiger partial charge in [-0.1, -0.05) is 244 Å². The molecule has 6 atom stereocenters. The van der Waals surface area contributed by atoms with Gasteiger partial charge in [0, 0.05) is 12.8 Å². The predicted molar refractivity (Wildman–Crippen MR) is 279 cm³/mol. The standard InChI is InChI=1S/C58H108O10/c1-3-5-7-9-11-13-15-17-19-21-23-24-25-26-27-29-30-32-34-36-38-40-42-44-46-53(60)65-49-51(50-66-58-57(64)56(63)55(62)52(48-59)68-58)67-54(61)47-45-43-41-39-37-35-33-31-28-22-20-18-16-14-12-10-8-6-4-2/h12,14,18,20,51-52,55-59,62-64H,3-11,13,15-17,19,21-50H2,1-2H3/b14-12-,20-18-. The Labute approximate surface area is 417 Å².